The summed E-state index contributed by atoms with van der Waals surface area (Å²) in [5.41, 5.74) is 0.618. The van der Waals surface area contributed by atoms with Crippen LogP contribution in [0.25, 0.3) is 0 Å². The van der Waals surface area contributed by atoms with E-state index in [0.29, 0.717) is 37.4 Å². The van der Waals surface area contributed by atoms with Gasteiger partial charge in [0.2, 0.25) is 21.8 Å². The molecule has 1 aromatic carbocycles. The standard InChI is InChI=1S/C27H36N6O6S/c1-20-15-33(21(2)18-34)27(35)10-7-13-32-16-22(29-30-32)19-38-25(20)17-31(3)40(36,37)24-11-12-26(28-14-24)39-23-8-5-4-6-9-23/h4-6,8-9,11-12,14,16,20-21,25,34H,7,10,13,15,17-19H2,1-3H3/t20-,21+,25-/m0/s1. The monoisotopic (exact) mass is 572 g/mol. The molecule has 2 bridgehead atoms. The summed E-state index contributed by atoms with van der Waals surface area (Å²) in [5.74, 6) is 0.522. The molecular weight excluding hydrogens is 536 g/mol. The smallest absolute Gasteiger partial charge is 0.244 e. The number of hydrogen-bond donors (Lipinski definition) is 1. The molecule has 2 aromatic heterocycles. The summed E-state index contributed by atoms with van der Waals surface area (Å²) in [6.45, 7) is 4.51. The van der Waals surface area contributed by atoms with Crippen molar-refractivity contribution in [3.63, 3.8) is 0 Å². The average Bonchev–Trinajstić information content (AvgIpc) is 3.41. The maximum atomic E-state index is 13.4. The predicted molar refractivity (Wildman–Crippen MR) is 146 cm³/mol. The number of aliphatic hydroxyl groups excluding tert-OH is 1. The van der Waals surface area contributed by atoms with E-state index in [1.807, 2.05) is 25.1 Å². The first-order valence-electron chi connectivity index (χ1n) is 13.2. The number of aryl methyl sites for hydroxylation is 1. The maximum absolute atomic E-state index is 13.4. The van der Waals surface area contributed by atoms with Gasteiger partial charge in [0, 0.05) is 45.1 Å². The highest BCUT2D eigenvalue weighted by atomic mass is 32.2. The number of benzene rings is 1. The highest BCUT2D eigenvalue weighted by Gasteiger charge is 2.31. The minimum absolute atomic E-state index is 0.0151. The lowest BCUT2D eigenvalue weighted by Gasteiger charge is -2.35. The molecule has 13 heteroatoms. The first kappa shape index (κ1) is 29.6. The second-order valence-electron chi connectivity index (χ2n) is 10.0. The molecule has 0 saturated heterocycles. The summed E-state index contributed by atoms with van der Waals surface area (Å²) < 4.78 is 41.6. The van der Waals surface area contributed by atoms with Gasteiger partial charge < -0.3 is 19.5 Å². The molecule has 3 atom stereocenters. The van der Waals surface area contributed by atoms with E-state index in [1.165, 1.54) is 29.7 Å². The number of ether oxygens (including phenoxy) is 2. The van der Waals surface area contributed by atoms with Gasteiger partial charge in [0.15, 0.2) is 0 Å². The number of pyridine rings is 1. The van der Waals surface area contributed by atoms with E-state index in [-0.39, 0.29) is 48.4 Å². The summed E-state index contributed by atoms with van der Waals surface area (Å²) in [6, 6.07) is 11.7. The Balaban J connectivity index is 1.51. The number of para-hydroxylation sites is 1. The maximum Gasteiger partial charge on any atom is 0.244 e. The number of hydrogen-bond acceptors (Lipinski definition) is 9. The van der Waals surface area contributed by atoms with Gasteiger partial charge in [0.05, 0.1) is 37.8 Å². The minimum atomic E-state index is -3.91. The van der Waals surface area contributed by atoms with Crippen molar-refractivity contribution in [2.45, 2.75) is 56.9 Å². The van der Waals surface area contributed by atoms with Gasteiger partial charge in [-0.2, -0.15) is 4.31 Å². The normalized spacial score (nSPS) is 19.9. The highest BCUT2D eigenvalue weighted by Crippen LogP contribution is 2.23. The van der Waals surface area contributed by atoms with E-state index >= 15 is 0 Å². The Labute approximate surface area is 234 Å². The molecule has 3 heterocycles. The molecule has 0 saturated carbocycles. The van der Waals surface area contributed by atoms with Crippen LogP contribution in [0.5, 0.6) is 11.6 Å². The van der Waals surface area contributed by atoms with Crippen molar-refractivity contribution in [2.75, 3.05) is 26.7 Å². The van der Waals surface area contributed by atoms with Crippen molar-refractivity contribution in [3.05, 3.63) is 60.6 Å². The average molecular weight is 573 g/mol. The first-order chi connectivity index (χ1) is 19.2. The molecule has 1 amide bonds. The summed E-state index contributed by atoms with van der Waals surface area (Å²) in [6.07, 6.45) is 3.33. The molecule has 0 spiro atoms. The third-order valence-electron chi connectivity index (χ3n) is 6.87. The van der Waals surface area contributed by atoms with Crippen molar-refractivity contribution >= 4 is 15.9 Å². The van der Waals surface area contributed by atoms with Crippen LogP contribution in [0.2, 0.25) is 0 Å². The molecule has 0 fully saturated rings. The van der Waals surface area contributed by atoms with Crippen LogP contribution in [0.1, 0.15) is 32.4 Å². The fraction of sp³-hybridized carbons (Fsp3) is 0.481. The zero-order valence-corrected chi connectivity index (χ0v) is 23.8. The largest absolute Gasteiger partial charge is 0.439 e. The van der Waals surface area contributed by atoms with Gasteiger partial charge in [-0.25, -0.2) is 13.4 Å². The van der Waals surface area contributed by atoms with Crippen LogP contribution in [-0.4, -0.2) is 87.5 Å². The second-order valence-corrected chi connectivity index (χ2v) is 12.1. The van der Waals surface area contributed by atoms with Gasteiger partial charge in [-0.05, 0) is 31.5 Å². The van der Waals surface area contributed by atoms with Gasteiger partial charge in [-0.3, -0.25) is 9.48 Å². The van der Waals surface area contributed by atoms with Crippen LogP contribution in [0, 0.1) is 5.92 Å². The lowest BCUT2D eigenvalue weighted by Crippen LogP contribution is -2.47. The molecule has 3 aromatic rings. The lowest BCUT2D eigenvalue weighted by atomic mass is 10.0. The number of nitrogens with zero attached hydrogens (tertiary/aromatic N) is 6. The number of carbonyl (C=O) groups is 1. The van der Waals surface area contributed by atoms with E-state index in [0.717, 1.165) is 0 Å². The van der Waals surface area contributed by atoms with Crippen molar-refractivity contribution in [3.8, 4) is 11.6 Å². The topological polar surface area (TPSA) is 140 Å². The quantitative estimate of drug-likeness (QED) is 0.431. The van der Waals surface area contributed by atoms with Crippen molar-refractivity contribution < 1.29 is 27.8 Å². The molecule has 1 aliphatic heterocycles. The zero-order valence-electron chi connectivity index (χ0n) is 23.0. The number of amides is 1. The Morgan fingerprint density at radius 2 is 2.00 bits per heavy atom. The molecule has 12 nitrogen and oxygen atoms in total. The van der Waals surface area contributed by atoms with Crippen LogP contribution in [0.4, 0.5) is 0 Å². The predicted octanol–water partition coefficient (Wildman–Crippen LogP) is 2.31. The summed E-state index contributed by atoms with van der Waals surface area (Å²) in [7, 11) is -2.43. The Kier molecular flexibility index (Phi) is 9.85. The first-order valence-corrected chi connectivity index (χ1v) is 14.7. The molecule has 216 valence electrons. The molecule has 40 heavy (non-hydrogen) atoms. The van der Waals surface area contributed by atoms with Crippen LogP contribution >= 0.6 is 0 Å². The Hall–Kier alpha value is -3.39. The second kappa shape index (κ2) is 13.3. The molecule has 0 radical (unpaired) electrons. The lowest BCUT2D eigenvalue weighted by molar-refractivity contribution is -0.136. The van der Waals surface area contributed by atoms with E-state index in [2.05, 4.69) is 15.3 Å². The number of likely N-dealkylation sites (N-methyl/N-ethyl adjacent to an activating group) is 1. The van der Waals surface area contributed by atoms with E-state index in [4.69, 9.17) is 9.47 Å². The summed E-state index contributed by atoms with van der Waals surface area (Å²) in [4.78, 5) is 18.9. The third kappa shape index (κ3) is 7.42. The Bertz CT molecular complexity index is 1350. The van der Waals surface area contributed by atoms with Crippen LogP contribution in [0.3, 0.4) is 0 Å². The molecule has 1 N–H and O–H groups in total. The third-order valence-corrected chi connectivity index (χ3v) is 8.67. The van der Waals surface area contributed by atoms with Gasteiger partial charge in [0.1, 0.15) is 16.3 Å². The fourth-order valence-corrected chi connectivity index (χ4v) is 5.54. The SMILES string of the molecule is C[C@H](CO)N1C[C@H](C)[C@H](CN(C)S(=O)(=O)c2ccc(Oc3ccccc3)nc2)OCc2cn(nn2)CCCC1=O. The summed E-state index contributed by atoms with van der Waals surface area (Å²) >= 11 is 0. The number of aliphatic hydroxyl groups is 1. The number of fused-ring (bicyclic) bond motifs is 2. The van der Waals surface area contributed by atoms with E-state index in [9.17, 15) is 18.3 Å². The minimum Gasteiger partial charge on any atom is -0.439 e. The van der Waals surface area contributed by atoms with E-state index < -0.39 is 16.1 Å². The zero-order chi connectivity index (χ0) is 28.7. The van der Waals surface area contributed by atoms with Gasteiger partial charge >= 0.3 is 0 Å². The van der Waals surface area contributed by atoms with Crippen LogP contribution < -0.4 is 4.74 Å². The van der Waals surface area contributed by atoms with Crippen molar-refractivity contribution in [2.24, 2.45) is 5.92 Å². The van der Waals surface area contributed by atoms with E-state index in [1.54, 1.807) is 34.8 Å². The Morgan fingerprint density at radius 3 is 2.70 bits per heavy atom. The van der Waals surface area contributed by atoms with Crippen molar-refractivity contribution in [1.29, 1.82) is 0 Å². The fourth-order valence-electron chi connectivity index (χ4n) is 4.41. The van der Waals surface area contributed by atoms with Crippen LogP contribution in [0.15, 0.2) is 59.8 Å². The molecular formula is C27H36N6O6S. The Morgan fingerprint density at radius 1 is 1.23 bits per heavy atom. The summed E-state index contributed by atoms with van der Waals surface area (Å²) in [5, 5.41) is 18.0. The number of carbonyl (C=O) groups excluding carboxylic acids is 1. The van der Waals surface area contributed by atoms with Gasteiger partial charge in [-0.15, -0.1) is 5.10 Å². The molecule has 0 unspecified atom stereocenters. The van der Waals surface area contributed by atoms with Gasteiger partial charge in [-0.1, -0.05) is 30.3 Å². The number of aromatic nitrogens is 4. The van der Waals surface area contributed by atoms with Gasteiger partial charge in [0.25, 0.3) is 0 Å². The molecule has 4 rings (SSSR count). The molecule has 1 aliphatic rings. The molecule has 0 aliphatic carbocycles. The van der Waals surface area contributed by atoms with Crippen LogP contribution in [-0.2, 0) is 32.7 Å². The number of sulfonamides is 1. The van der Waals surface area contributed by atoms with Crippen molar-refractivity contribution in [1.82, 2.24) is 29.2 Å². The number of rotatable bonds is 8. The highest BCUT2D eigenvalue weighted by molar-refractivity contribution is 7.89.